The summed E-state index contributed by atoms with van der Waals surface area (Å²) in [6.07, 6.45) is 0.485. The molecular formula is C20H22NO3+. The van der Waals surface area contributed by atoms with Gasteiger partial charge in [-0.2, -0.15) is 0 Å². The minimum absolute atomic E-state index is 0.242. The van der Waals surface area contributed by atoms with Crippen molar-refractivity contribution < 1.29 is 14.1 Å². The molecule has 0 spiro atoms. The number of rotatable bonds is 2. The minimum atomic E-state index is -0.276. The molecule has 1 aliphatic rings. The molecule has 24 heavy (non-hydrogen) atoms. The lowest BCUT2D eigenvalue weighted by molar-refractivity contribution is -0.928. The normalized spacial score (nSPS) is 24.5. The number of benzene rings is 2. The maximum absolute atomic E-state index is 12.0. The molecule has 1 aromatic heterocycles. The Morgan fingerprint density at radius 2 is 1.83 bits per heavy atom. The standard InChI is InChI=1S/C20H21NO3/c1-13-10-21(11-14(2)23-13)12-16-9-19(22)24-18-8-7-15-5-3-4-6-17(15)20(16)18/h3-9,13-14H,10-12H2,1-2H3/p+1/t13-,14-/m0/s1. The average molecular weight is 324 g/mol. The first-order chi connectivity index (χ1) is 11.6. The summed E-state index contributed by atoms with van der Waals surface area (Å²) in [5.74, 6) is 0. The first-order valence-corrected chi connectivity index (χ1v) is 8.53. The third-order valence-corrected chi connectivity index (χ3v) is 4.77. The van der Waals surface area contributed by atoms with Crippen molar-refractivity contribution in [3.8, 4) is 0 Å². The zero-order valence-corrected chi connectivity index (χ0v) is 14.0. The van der Waals surface area contributed by atoms with Gasteiger partial charge in [-0.05, 0) is 30.7 Å². The van der Waals surface area contributed by atoms with E-state index in [2.05, 4.69) is 26.0 Å². The highest BCUT2D eigenvalue weighted by molar-refractivity contribution is 6.06. The van der Waals surface area contributed by atoms with E-state index in [9.17, 15) is 4.79 Å². The van der Waals surface area contributed by atoms with E-state index < -0.39 is 0 Å². The number of fused-ring (bicyclic) bond motifs is 3. The van der Waals surface area contributed by atoms with E-state index in [4.69, 9.17) is 9.15 Å². The van der Waals surface area contributed by atoms with Gasteiger partial charge in [0.15, 0.2) is 0 Å². The molecule has 1 fully saturated rings. The van der Waals surface area contributed by atoms with E-state index in [1.165, 1.54) is 10.3 Å². The molecule has 4 heteroatoms. The lowest BCUT2D eigenvalue weighted by atomic mass is 10.0. The summed E-state index contributed by atoms with van der Waals surface area (Å²) >= 11 is 0. The highest BCUT2D eigenvalue weighted by Gasteiger charge is 2.26. The molecule has 0 aliphatic carbocycles. The quantitative estimate of drug-likeness (QED) is 0.580. The summed E-state index contributed by atoms with van der Waals surface area (Å²) < 4.78 is 11.3. The van der Waals surface area contributed by atoms with Gasteiger partial charge in [0.25, 0.3) is 0 Å². The third-order valence-electron chi connectivity index (χ3n) is 4.77. The first kappa shape index (κ1) is 15.4. The summed E-state index contributed by atoms with van der Waals surface area (Å²) in [5, 5.41) is 3.37. The Morgan fingerprint density at radius 1 is 1.08 bits per heavy atom. The van der Waals surface area contributed by atoms with Crippen LogP contribution in [0.1, 0.15) is 19.4 Å². The molecule has 1 N–H and O–H groups in total. The van der Waals surface area contributed by atoms with Crippen LogP contribution in [-0.4, -0.2) is 25.3 Å². The van der Waals surface area contributed by atoms with Crippen molar-refractivity contribution >= 4 is 21.7 Å². The van der Waals surface area contributed by atoms with Crippen molar-refractivity contribution in [2.24, 2.45) is 0 Å². The van der Waals surface area contributed by atoms with Crippen LogP contribution in [0, 0.1) is 0 Å². The SMILES string of the molecule is C[C@H]1C[NH+](Cc2cc(=O)oc3ccc4ccccc4c23)C[C@H](C)O1. The van der Waals surface area contributed by atoms with Crippen molar-refractivity contribution in [3.63, 3.8) is 0 Å². The summed E-state index contributed by atoms with van der Waals surface area (Å²) in [6, 6.07) is 13.8. The second-order valence-corrected chi connectivity index (χ2v) is 6.84. The van der Waals surface area contributed by atoms with Crippen LogP contribution >= 0.6 is 0 Å². The topological polar surface area (TPSA) is 43.9 Å². The number of ether oxygens (including phenoxy) is 1. The van der Waals surface area contributed by atoms with Crippen LogP contribution in [0.5, 0.6) is 0 Å². The van der Waals surface area contributed by atoms with Gasteiger partial charge >= 0.3 is 5.63 Å². The van der Waals surface area contributed by atoms with Gasteiger partial charge in [-0.15, -0.1) is 0 Å². The average Bonchev–Trinajstić information content (AvgIpc) is 2.53. The van der Waals surface area contributed by atoms with E-state index in [1.807, 2.05) is 24.3 Å². The van der Waals surface area contributed by atoms with Crippen LogP contribution < -0.4 is 10.5 Å². The van der Waals surface area contributed by atoms with Crippen LogP contribution in [0.25, 0.3) is 21.7 Å². The molecule has 3 aromatic rings. The second kappa shape index (κ2) is 6.04. The molecule has 1 saturated heterocycles. The lowest BCUT2D eigenvalue weighted by Crippen LogP contribution is -3.14. The smallest absolute Gasteiger partial charge is 0.336 e. The fourth-order valence-electron chi connectivity index (χ4n) is 3.96. The zero-order chi connectivity index (χ0) is 16.7. The maximum Gasteiger partial charge on any atom is 0.336 e. The number of quaternary nitrogens is 1. The molecule has 124 valence electrons. The van der Waals surface area contributed by atoms with Crippen molar-refractivity contribution in [3.05, 3.63) is 58.4 Å². The predicted octanol–water partition coefficient (Wildman–Crippen LogP) is 2.14. The molecule has 2 atom stereocenters. The van der Waals surface area contributed by atoms with Crippen LogP contribution in [-0.2, 0) is 11.3 Å². The van der Waals surface area contributed by atoms with Gasteiger partial charge in [-0.3, -0.25) is 0 Å². The fourth-order valence-corrected chi connectivity index (χ4v) is 3.96. The molecular weight excluding hydrogens is 302 g/mol. The van der Waals surface area contributed by atoms with E-state index in [0.717, 1.165) is 36.0 Å². The molecule has 0 bridgehead atoms. The number of hydrogen-bond acceptors (Lipinski definition) is 3. The summed E-state index contributed by atoms with van der Waals surface area (Å²) in [5.41, 5.74) is 1.46. The number of hydrogen-bond donors (Lipinski definition) is 1. The molecule has 4 nitrogen and oxygen atoms in total. The van der Waals surface area contributed by atoms with Crippen LogP contribution in [0.3, 0.4) is 0 Å². The Morgan fingerprint density at radius 3 is 2.62 bits per heavy atom. The molecule has 4 rings (SSSR count). The Balaban J connectivity index is 1.84. The summed E-state index contributed by atoms with van der Waals surface area (Å²) in [7, 11) is 0. The van der Waals surface area contributed by atoms with E-state index >= 15 is 0 Å². The number of morpholine rings is 1. The predicted molar refractivity (Wildman–Crippen MR) is 94.4 cm³/mol. The molecule has 1 aliphatic heterocycles. The number of nitrogens with one attached hydrogen (secondary N) is 1. The van der Waals surface area contributed by atoms with Crippen molar-refractivity contribution in [1.29, 1.82) is 0 Å². The van der Waals surface area contributed by atoms with Crippen molar-refractivity contribution in [2.45, 2.75) is 32.6 Å². The Bertz CT molecular complexity index is 936. The highest BCUT2D eigenvalue weighted by Crippen LogP contribution is 2.27. The first-order valence-electron chi connectivity index (χ1n) is 8.53. The Kier molecular flexibility index (Phi) is 3.87. The Labute approximate surface area is 140 Å². The van der Waals surface area contributed by atoms with E-state index in [-0.39, 0.29) is 17.8 Å². The van der Waals surface area contributed by atoms with Gasteiger partial charge in [0, 0.05) is 17.0 Å². The third kappa shape index (κ3) is 2.83. The monoisotopic (exact) mass is 324 g/mol. The largest absolute Gasteiger partial charge is 0.423 e. The highest BCUT2D eigenvalue weighted by atomic mass is 16.5. The van der Waals surface area contributed by atoms with Crippen molar-refractivity contribution in [1.82, 2.24) is 0 Å². The molecule has 2 heterocycles. The van der Waals surface area contributed by atoms with Crippen LogP contribution in [0.4, 0.5) is 0 Å². The van der Waals surface area contributed by atoms with E-state index in [0.29, 0.717) is 5.58 Å². The van der Waals surface area contributed by atoms with E-state index in [1.54, 1.807) is 6.07 Å². The molecule has 2 aromatic carbocycles. The molecule has 0 unspecified atom stereocenters. The molecule has 0 radical (unpaired) electrons. The fraction of sp³-hybridized carbons (Fsp3) is 0.350. The van der Waals surface area contributed by atoms with Gasteiger partial charge in [0.2, 0.25) is 0 Å². The van der Waals surface area contributed by atoms with Gasteiger partial charge in [-0.1, -0.05) is 30.3 Å². The van der Waals surface area contributed by atoms with Gasteiger partial charge in [-0.25, -0.2) is 4.79 Å². The summed E-state index contributed by atoms with van der Waals surface area (Å²) in [4.78, 5) is 13.5. The van der Waals surface area contributed by atoms with Crippen LogP contribution in [0.15, 0.2) is 51.7 Å². The zero-order valence-electron chi connectivity index (χ0n) is 14.0. The minimum Gasteiger partial charge on any atom is -0.423 e. The molecule has 0 amide bonds. The lowest BCUT2D eigenvalue weighted by Gasteiger charge is -2.32. The van der Waals surface area contributed by atoms with Crippen LogP contribution in [0.2, 0.25) is 0 Å². The van der Waals surface area contributed by atoms with Gasteiger partial charge in [0.05, 0.1) is 0 Å². The van der Waals surface area contributed by atoms with Gasteiger partial charge in [0.1, 0.15) is 37.4 Å². The Hall–Kier alpha value is -2.17. The summed E-state index contributed by atoms with van der Waals surface area (Å²) in [6.45, 7) is 6.95. The van der Waals surface area contributed by atoms with Crippen molar-refractivity contribution in [2.75, 3.05) is 13.1 Å². The molecule has 0 saturated carbocycles. The second-order valence-electron chi connectivity index (χ2n) is 6.84. The van der Waals surface area contributed by atoms with Gasteiger partial charge < -0.3 is 14.1 Å². The maximum atomic E-state index is 12.0.